The van der Waals surface area contributed by atoms with Crippen LogP contribution >= 0.6 is 0 Å². The van der Waals surface area contributed by atoms with Gasteiger partial charge in [0.2, 0.25) is 0 Å². The maximum absolute atomic E-state index is 14.2. The zero-order valence-electron chi connectivity index (χ0n) is 34.4. The number of carboxylic acid groups (broad SMARTS) is 1. The van der Waals surface area contributed by atoms with Gasteiger partial charge >= 0.3 is 12.2 Å². The molecule has 2 saturated heterocycles. The fourth-order valence-corrected chi connectivity index (χ4v) is 10.3. The van der Waals surface area contributed by atoms with Gasteiger partial charge in [0.15, 0.2) is 0 Å². The Labute approximate surface area is 362 Å². The largest absolute Gasteiger partial charge is 0.465 e. The number of amides is 4. The van der Waals surface area contributed by atoms with Gasteiger partial charge in [0.1, 0.15) is 23.7 Å². The van der Waals surface area contributed by atoms with Crippen molar-refractivity contribution >= 4 is 35.0 Å². The summed E-state index contributed by atoms with van der Waals surface area (Å²) in [6, 6.07) is 28.1. The molecule has 2 aromatic heterocycles. The number of fused-ring (bicyclic) bond motifs is 6. The number of rotatable bonds is 8. The molecule has 11 rings (SSSR count). The summed E-state index contributed by atoms with van der Waals surface area (Å²) in [6.45, 7) is 0. The van der Waals surface area contributed by atoms with E-state index in [4.69, 9.17) is 14.7 Å². The van der Waals surface area contributed by atoms with Crippen molar-refractivity contribution in [2.75, 3.05) is 7.11 Å². The van der Waals surface area contributed by atoms with Gasteiger partial charge in [0.05, 0.1) is 35.9 Å². The molecule has 14 nitrogen and oxygen atoms in total. The van der Waals surface area contributed by atoms with Crippen molar-refractivity contribution in [1.29, 1.82) is 0 Å². The standard InChI is InChI=1S/C49H44N8O6/c1-63-49(62)55-42(29-10-6-3-7-11-29)47(59)56-37-22-31(37)24-39(56)44-50-34-18-15-27(21-36(34)52-44)13-12-26-14-17-33-30(20-26)16-19-35-43(33)53-45(51-35)40-25-32-23-38(32)57(40)46(58)41(54-48(60)61)28-8-4-2-5-9-28/h2-11,14-15,17-18,20-21,31-32,37-42,54H,16,19,22-25H2,1H3,(H,50,52)(H,51,53)(H,55,62)(H,60,61)/t31-,32-,37-,38-,39+,40+,41-,42-/m1/s1. The second-order valence-corrected chi connectivity index (χ2v) is 17.3. The fraction of sp³-hybridized carbons (Fsp3) is 0.306. The number of aromatic nitrogens is 4. The summed E-state index contributed by atoms with van der Waals surface area (Å²) in [5, 5.41) is 14.9. The number of alkyl carbamates (subject to hydrolysis) is 1. The minimum Gasteiger partial charge on any atom is -0.465 e. The second-order valence-electron chi connectivity index (χ2n) is 17.3. The monoisotopic (exact) mass is 840 g/mol. The predicted molar refractivity (Wildman–Crippen MR) is 231 cm³/mol. The normalized spacial score (nSPS) is 23.3. The number of H-pyrrole nitrogens is 2. The van der Waals surface area contributed by atoms with Crippen molar-refractivity contribution in [3.63, 3.8) is 0 Å². The molecule has 4 aromatic carbocycles. The number of ether oxygens (including phenoxy) is 1. The lowest BCUT2D eigenvalue weighted by Crippen LogP contribution is -2.44. The minimum atomic E-state index is -1.24. The van der Waals surface area contributed by atoms with Crippen LogP contribution < -0.4 is 10.6 Å². The quantitative estimate of drug-likeness (QED) is 0.103. The van der Waals surface area contributed by atoms with Crippen LogP contribution in [0.2, 0.25) is 0 Å². The Bertz CT molecular complexity index is 2880. The van der Waals surface area contributed by atoms with E-state index in [-0.39, 0.29) is 36.0 Å². The van der Waals surface area contributed by atoms with Crippen LogP contribution in [0.1, 0.15) is 95.0 Å². The first-order valence-electron chi connectivity index (χ1n) is 21.5. The van der Waals surface area contributed by atoms with Gasteiger partial charge in [-0.15, -0.1) is 0 Å². The predicted octanol–water partition coefficient (Wildman–Crippen LogP) is 6.88. The Morgan fingerprint density at radius 2 is 1.30 bits per heavy atom. The molecule has 2 saturated carbocycles. The van der Waals surface area contributed by atoms with Gasteiger partial charge in [-0.2, -0.15) is 0 Å². The van der Waals surface area contributed by atoms with E-state index in [9.17, 15) is 24.3 Å². The summed E-state index contributed by atoms with van der Waals surface area (Å²) in [5.41, 5.74) is 8.74. The molecule has 6 aromatic rings. The SMILES string of the molecule is COC(=O)N[C@@H](C(=O)N1[C@@H]2C[C@@H]2C[C@H]1c1nc2ccc(C#Cc3ccc4c(c3)CCc3[nH]c([C@@H]5C[C@H]6C[C@H]6N5C(=O)[C@H](NC(=O)O)c5ccccc5)nc3-4)cc2[nH]1)c1ccccc1. The lowest BCUT2D eigenvalue weighted by molar-refractivity contribution is -0.136. The summed E-state index contributed by atoms with van der Waals surface area (Å²) in [5.74, 6) is 8.48. The molecule has 3 aliphatic carbocycles. The number of hydrogen-bond donors (Lipinski definition) is 5. The number of benzene rings is 4. The topological polar surface area (TPSA) is 186 Å². The Morgan fingerprint density at radius 3 is 1.92 bits per heavy atom. The molecule has 63 heavy (non-hydrogen) atoms. The van der Waals surface area contributed by atoms with Crippen molar-refractivity contribution in [2.24, 2.45) is 11.8 Å². The summed E-state index contributed by atoms with van der Waals surface area (Å²) in [4.78, 5) is 73.4. The molecule has 0 unspecified atom stereocenters. The smallest absolute Gasteiger partial charge is 0.407 e. The lowest BCUT2D eigenvalue weighted by Gasteiger charge is -2.30. The molecule has 5 aliphatic rings. The fourth-order valence-electron chi connectivity index (χ4n) is 10.3. The molecule has 5 N–H and O–H groups in total. The number of imidazole rings is 2. The molecule has 0 spiro atoms. The number of nitrogens with one attached hydrogen (secondary N) is 4. The Kier molecular flexibility index (Phi) is 9.29. The zero-order chi connectivity index (χ0) is 42.9. The van der Waals surface area contributed by atoms with Crippen molar-refractivity contribution in [1.82, 2.24) is 40.4 Å². The molecule has 0 radical (unpaired) electrons. The first-order chi connectivity index (χ1) is 30.7. The van der Waals surface area contributed by atoms with E-state index >= 15 is 0 Å². The van der Waals surface area contributed by atoms with Crippen LogP contribution in [-0.2, 0) is 27.2 Å². The van der Waals surface area contributed by atoms with Crippen molar-refractivity contribution in [3.05, 3.63) is 142 Å². The number of hydrogen-bond acceptors (Lipinski definition) is 7. The summed E-state index contributed by atoms with van der Waals surface area (Å²) >= 11 is 0. The van der Waals surface area contributed by atoms with Gasteiger partial charge in [-0.3, -0.25) is 9.59 Å². The zero-order valence-corrected chi connectivity index (χ0v) is 34.4. The molecular weight excluding hydrogens is 797 g/mol. The third-order valence-electron chi connectivity index (χ3n) is 13.5. The highest BCUT2D eigenvalue weighted by atomic mass is 16.5. The van der Waals surface area contributed by atoms with E-state index in [1.807, 2.05) is 70.5 Å². The van der Waals surface area contributed by atoms with E-state index in [1.165, 1.54) is 7.11 Å². The van der Waals surface area contributed by atoms with E-state index in [0.29, 0.717) is 28.8 Å². The van der Waals surface area contributed by atoms with Gasteiger partial charge in [0, 0.05) is 34.5 Å². The van der Waals surface area contributed by atoms with Crippen LogP contribution in [0, 0.1) is 23.7 Å². The van der Waals surface area contributed by atoms with Crippen LogP contribution in [0.3, 0.4) is 0 Å². The van der Waals surface area contributed by atoms with E-state index in [1.54, 1.807) is 24.3 Å². The number of carbonyl (C=O) groups excluding carboxylic acids is 3. The third-order valence-corrected chi connectivity index (χ3v) is 13.5. The van der Waals surface area contributed by atoms with E-state index < -0.39 is 24.3 Å². The average Bonchev–Trinajstić information content (AvgIpc) is 3.96. The Morgan fingerprint density at radius 1 is 0.714 bits per heavy atom. The van der Waals surface area contributed by atoms with Crippen LogP contribution in [0.4, 0.5) is 9.59 Å². The van der Waals surface area contributed by atoms with Gasteiger partial charge < -0.3 is 40.2 Å². The molecule has 14 heteroatoms. The molecular formula is C49H44N8O6. The molecule has 316 valence electrons. The van der Waals surface area contributed by atoms with Gasteiger partial charge in [0.25, 0.3) is 11.8 Å². The number of methoxy groups -OCH3 is 1. The third kappa shape index (κ3) is 7.03. The highest BCUT2D eigenvalue weighted by molar-refractivity contribution is 5.89. The van der Waals surface area contributed by atoms with Gasteiger partial charge in [-0.05, 0) is 97.4 Å². The number of nitrogens with zero attached hydrogens (tertiary/aromatic N) is 4. The molecule has 4 amide bonds. The second kappa shape index (κ2) is 15.2. The highest BCUT2D eigenvalue weighted by Crippen LogP contribution is 2.55. The first kappa shape index (κ1) is 38.5. The maximum atomic E-state index is 14.2. The number of carbonyl (C=O) groups is 4. The van der Waals surface area contributed by atoms with Crippen LogP contribution in [0.15, 0.2) is 97.1 Å². The number of aryl methyl sites for hydroxylation is 2. The number of aromatic amines is 2. The van der Waals surface area contributed by atoms with Crippen molar-refractivity contribution in [2.45, 2.75) is 74.8 Å². The van der Waals surface area contributed by atoms with Crippen LogP contribution in [0.5, 0.6) is 0 Å². The molecule has 8 atom stereocenters. The Balaban J connectivity index is 0.811. The summed E-state index contributed by atoms with van der Waals surface area (Å²) in [6.07, 6.45) is 3.10. The number of likely N-dealkylation sites (tertiary alicyclic amines) is 2. The first-order valence-corrected chi connectivity index (χ1v) is 21.5. The molecule has 4 fully saturated rings. The van der Waals surface area contributed by atoms with Gasteiger partial charge in [-0.1, -0.05) is 78.6 Å². The molecule has 4 heterocycles. The van der Waals surface area contributed by atoms with Crippen LogP contribution in [-0.4, -0.2) is 78.0 Å². The lowest BCUT2D eigenvalue weighted by atomic mass is 9.91. The maximum Gasteiger partial charge on any atom is 0.407 e. The highest BCUT2D eigenvalue weighted by Gasteiger charge is 2.57. The number of piperidine rings is 2. The Hall–Kier alpha value is -7.40. The van der Waals surface area contributed by atoms with Crippen molar-refractivity contribution < 1.29 is 29.0 Å². The van der Waals surface area contributed by atoms with Crippen LogP contribution in [0.25, 0.3) is 22.3 Å². The van der Waals surface area contributed by atoms with Crippen molar-refractivity contribution in [3.8, 4) is 23.1 Å². The van der Waals surface area contributed by atoms with E-state index in [2.05, 4.69) is 44.6 Å². The summed E-state index contributed by atoms with van der Waals surface area (Å²) in [7, 11) is 1.29. The average molecular weight is 841 g/mol. The van der Waals surface area contributed by atoms with E-state index in [0.717, 1.165) is 89.0 Å². The molecule has 0 bridgehead atoms. The molecule has 2 aliphatic heterocycles. The van der Waals surface area contributed by atoms with Gasteiger partial charge in [-0.25, -0.2) is 19.6 Å². The minimum absolute atomic E-state index is 0.0751. The summed E-state index contributed by atoms with van der Waals surface area (Å²) < 4.78 is 4.88.